The summed E-state index contributed by atoms with van der Waals surface area (Å²) in [6.07, 6.45) is 0. The average molecular weight is 348 g/mol. The maximum absolute atomic E-state index is 11.5. The van der Waals surface area contributed by atoms with Gasteiger partial charge < -0.3 is 20.4 Å². The lowest BCUT2D eigenvalue weighted by Crippen LogP contribution is -2.63. The van der Waals surface area contributed by atoms with Gasteiger partial charge in [0.1, 0.15) is 11.1 Å². The first-order valence-corrected chi connectivity index (χ1v) is 7.13. The highest BCUT2D eigenvalue weighted by Crippen LogP contribution is 2.26. The van der Waals surface area contributed by atoms with Crippen molar-refractivity contribution >= 4 is 23.9 Å². The van der Waals surface area contributed by atoms with Crippen LogP contribution < -0.4 is 0 Å². The van der Waals surface area contributed by atoms with Gasteiger partial charge >= 0.3 is 23.9 Å². The highest BCUT2D eigenvalue weighted by atomic mass is 16.4. The fourth-order valence-corrected chi connectivity index (χ4v) is 2.33. The summed E-state index contributed by atoms with van der Waals surface area (Å²) in [4.78, 5) is 46.9. The molecule has 4 N–H and O–H groups in total. The number of nitrogens with zero attached hydrogens (tertiary/aromatic N) is 2. The molecule has 0 amide bonds. The molecule has 0 rings (SSSR count). The van der Waals surface area contributed by atoms with Crippen molar-refractivity contribution in [3.8, 4) is 0 Å². The number of rotatable bonds is 11. The Bertz CT molecular complexity index is 473. The van der Waals surface area contributed by atoms with E-state index in [1.807, 2.05) is 0 Å². The molecule has 0 heterocycles. The summed E-state index contributed by atoms with van der Waals surface area (Å²) in [6, 6.07) is 0. The summed E-state index contributed by atoms with van der Waals surface area (Å²) in [6.45, 7) is 3.96. The lowest BCUT2D eigenvalue weighted by atomic mass is 9.93. The number of aliphatic carboxylic acids is 4. The molecule has 0 aliphatic heterocycles. The number of carbonyl (C=O) groups is 4. The van der Waals surface area contributed by atoms with Gasteiger partial charge in [0.25, 0.3) is 0 Å². The van der Waals surface area contributed by atoms with E-state index in [9.17, 15) is 29.4 Å². The van der Waals surface area contributed by atoms with Gasteiger partial charge in [0.05, 0.1) is 13.1 Å². The Hall–Kier alpha value is -2.20. The first kappa shape index (κ1) is 21.8. The zero-order chi connectivity index (χ0) is 19.3. The maximum atomic E-state index is 11.5. The Morgan fingerprint density at radius 3 is 1.29 bits per heavy atom. The van der Waals surface area contributed by atoms with Gasteiger partial charge in [-0.1, -0.05) is 0 Å². The molecule has 10 heteroatoms. The molecule has 0 aliphatic rings. The van der Waals surface area contributed by atoms with Crippen LogP contribution in [0, 0.1) is 0 Å². The van der Waals surface area contributed by atoms with E-state index in [4.69, 9.17) is 10.2 Å². The van der Waals surface area contributed by atoms with Crippen molar-refractivity contribution in [3.05, 3.63) is 0 Å². The van der Waals surface area contributed by atoms with Crippen LogP contribution in [0.5, 0.6) is 0 Å². The third-order valence-corrected chi connectivity index (χ3v) is 3.75. The van der Waals surface area contributed by atoms with Gasteiger partial charge in [0.2, 0.25) is 0 Å². The zero-order valence-electron chi connectivity index (χ0n) is 14.1. The fraction of sp³-hybridized carbons (Fsp3) is 0.714. The van der Waals surface area contributed by atoms with E-state index in [0.29, 0.717) is 0 Å². The molecule has 0 aliphatic carbocycles. The molecule has 0 saturated carbocycles. The lowest BCUT2D eigenvalue weighted by Gasteiger charge is -2.44. The second-order valence-electron chi connectivity index (χ2n) is 6.38. The van der Waals surface area contributed by atoms with Crippen LogP contribution in [0.4, 0.5) is 0 Å². The molecule has 0 atom stereocenters. The second kappa shape index (κ2) is 8.06. The Kier molecular flexibility index (Phi) is 7.32. The molecule has 0 unspecified atom stereocenters. The van der Waals surface area contributed by atoms with E-state index < -0.39 is 48.0 Å². The fourth-order valence-electron chi connectivity index (χ4n) is 2.33. The first-order valence-electron chi connectivity index (χ1n) is 7.13. The molecule has 138 valence electrons. The third kappa shape index (κ3) is 5.78. The summed E-state index contributed by atoms with van der Waals surface area (Å²) in [5.41, 5.74) is -3.11. The standard InChI is InChI=1S/C14H24N2O8/c1-13(2,11(21)22)16(14(3,4)12(23)24)6-5-15(7-9(17)18)8-10(19)20/h5-8H2,1-4H3,(H,17,18)(H,19,20)(H,21,22)(H,23,24). The van der Waals surface area contributed by atoms with E-state index in [-0.39, 0.29) is 13.1 Å². The van der Waals surface area contributed by atoms with Gasteiger partial charge in [-0.05, 0) is 27.7 Å². The van der Waals surface area contributed by atoms with Crippen molar-refractivity contribution in [1.82, 2.24) is 9.80 Å². The topological polar surface area (TPSA) is 156 Å². The number of hydrogen-bond acceptors (Lipinski definition) is 6. The molecule has 0 aromatic rings. The largest absolute Gasteiger partial charge is 0.480 e. The minimum Gasteiger partial charge on any atom is -0.480 e. The summed E-state index contributed by atoms with van der Waals surface area (Å²) >= 11 is 0. The minimum atomic E-state index is -1.56. The van der Waals surface area contributed by atoms with Gasteiger partial charge in [0, 0.05) is 13.1 Å². The van der Waals surface area contributed by atoms with Crippen molar-refractivity contribution in [2.75, 3.05) is 26.2 Å². The van der Waals surface area contributed by atoms with Crippen molar-refractivity contribution in [2.24, 2.45) is 0 Å². The van der Waals surface area contributed by atoms with Crippen LogP contribution in [0.3, 0.4) is 0 Å². The molecule has 0 radical (unpaired) electrons. The monoisotopic (exact) mass is 348 g/mol. The van der Waals surface area contributed by atoms with Gasteiger partial charge in [-0.2, -0.15) is 0 Å². The SMILES string of the molecule is CC(C)(C(=O)O)N(CCN(CC(=O)O)CC(=O)O)C(C)(C)C(=O)O. The lowest BCUT2D eigenvalue weighted by molar-refractivity contribution is -0.164. The van der Waals surface area contributed by atoms with Crippen LogP contribution in [0.1, 0.15) is 27.7 Å². The summed E-state index contributed by atoms with van der Waals surface area (Å²) in [5.74, 6) is -4.98. The molecule has 0 aromatic heterocycles. The van der Waals surface area contributed by atoms with Crippen LogP contribution in [-0.4, -0.2) is 91.4 Å². The second-order valence-corrected chi connectivity index (χ2v) is 6.38. The van der Waals surface area contributed by atoms with Crippen molar-refractivity contribution < 1.29 is 39.6 Å². The molecular formula is C14H24N2O8. The normalized spacial score (nSPS) is 12.4. The predicted molar refractivity (Wildman–Crippen MR) is 81.8 cm³/mol. The first-order chi connectivity index (χ1) is 10.7. The van der Waals surface area contributed by atoms with E-state index in [0.717, 1.165) is 4.90 Å². The predicted octanol–water partition coefficient (Wildman–Crippen LogP) is -0.514. The van der Waals surface area contributed by atoms with Crippen LogP contribution >= 0.6 is 0 Å². The molecule has 0 bridgehead atoms. The average Bonchev–Trinajstić information content (AvgIpc) is 2.35. The Morgan fingerprint density at radius 2 is 1.04 bits per heavy atom. The van der Waals surface area contributed by atoms with Crippen LogP contribution in [0.2, 0.25) is 0 Å². The van der Waals surface area contributed by atoms with Crippen molar-refractivity contribution in [1.29, 1.82) is 0 Å². The smallest absolute Gasteiger partial charge is 0.323 e. The van der Waals surface area contributed by atoms with Gasteiger partial charge in [0.15, 0.2) is 0 Å². The number of carboxylic acid groups (broad SMARTS) is 4. The highest BCUT2D eigenvalue weighted by Gasteiger charge is 2.46. The quantitative estimate of drug-likeness (QED) is 0.383. The molecule has 0 aromatic carbocycles. The van der Waals surface area contributed by atoms with Crippen LogP contribution in [0.25, 0.3) is 0 Å². The zero-order valence-corrected chi connectivity index (χ0v) is 14.1. The summed E-state index contributed by atoms with van der Waals surface area (Å²) < 4.78 is 0. The number of carboxylic acids is 4. The Balaban J connectivity index is 5.46. The van der Waals surface area contributed by atoms with E-state index in [1.165, 1.54) is 32.6 Å². The number of hydrogen-bond donors (Lipinski definition) is 4. The maximum Gasteiger partial charge on any atom is 0.323 e. The highest BCUT2D eigenvalue weighted by molar-refractivity contribution is 5.82. The van der Waals surface area contributed by atoms with Gasteiger partial charge in [-0.3, -0.25) is 29.0 Å². The molecule has 0 fully saturated rings. The Morgan fingerprint density at radius 1 is 0.708 bits per heavy atom. The van der Waals surface area contributed by atoms with E-state index in [2.05, 4.69) is 0 Å². The Labute approximate surface area is 139 Å². The van der Waals surface area contributed by atoms with Crippen LogP contribution in [0.15, 0.2) is 0 Å². The van der Waals surface area contributed by atoms with E-state index in [1.54, 1.807) is 0 Å². The molecular weight excluding hydrogens is 324 g/mol. The van der Waals surface area contributed by atoms with Crippen molar-refractivity contribution in [2.45, 2.75) is 38.8 Å². The third-order valence-electron chi connectivity index (χ3n) is 3.75. The van der Waals surface area contributed by atoms with Gasteiger partial charge in [-0.15, -0.1) is 0 Å². The molecule has 10 nitrogen and oxygen atoms in total. The minimum absolute atomic E-state index is 0.119. The molecule has 0 spiro atoms. The van der Waals surface area contributed by atoms with E-state index >= 15 is 0 Å². The van der Waals surface area contributed by atoms with Crippen molar-refractivity contribution in [3.63, 3.8) is 0 Å². The summed E-state index contributed by atoms with van der Waals surface area (Å²) in [5, 5.41) is 36.4. The van der Waals surface area contributed by atoms with Gasteiger partial charge in [-0.25, -0.2) is 0 Å². The summed E-state index contributed by atoms with van der Waals surface area (Å²) in [7, 11) is 0. The molecule has 0 saturated heterocycles. The molecule has 24 heavy (non-hydrogen) atoms. The van der Waals surface area contributed by atoms with Crippen LogP contribution in [-0.2, 0) is 19.2 Å².